The number of benzene rings is 1. The fourth-order valence-corrected chi connectivity index (χ4v) is 3.33. The maximum absolute atomic E-state index is 14.7. The first-order valence-corrected chi connectivity index (χ1v) is 8.57. The molecule has 2 aromatic heterocycles. The van der Waals surface area contributed by atoms with Gasteiger partial charge in [-0.05, 0) is 30.2 Å². The van der Waals surface area contributed by atoms with Crippen LogP contribution >= 0.6 is 11.6 Å². The normalized spacial score (nSPS) is 16.8. The van der Waals surface area contributed by atoms with Gasteiger partial charge in [-0.1, -0.05) is 23.7 Å². The van der Waals surface area contributed by atoms with Gasteiger partial charge in [-0.3, -0.25) is 9.89 Å². The summed E-state index contributed by atoms with van der Waals surface area (Å²) in [5.41, 5.74) is 1.52. The lowest BCUT2D eigenvalue weighted by Crippen LogP contribution is -2.29. The number of nitrogens with one attached hydrogen (secondary N) is 1. The zero-order valence-corrected chi connectivity index (χ0v) is 14.4. The highest BCUT2D eigenvalue weighted by Crippen LogP contribution is 2.30. The van der Waals surface area contributed by atoms with Crippen LogP contribution < -0.4 is 0 Å². The van der Waals surface area contributed by atoms with Crippen LogP contribution in [0, 0.1) is 5.82 Å². The Hall–Kier alpha value is -2.80. The topological polar surface area (TPSA) is 74.8 Å². The molecule has 1 saturated heterocycles. The summed E-state index contributed by atoms with van der Waals surface area (Å²) in [4.78, 5) is 14.4. The number of carbonyl (C=O) groups excluding carboxylic acids is 1. The average Bonchev–Trinajstić information content (AvgIpc) is 3.30. The van der Waals surface area contributed by atoms with E-state index in [2.05, 4.69) is 20.4 Å². The SMILES string of the molecule is O=C(c1[nH]nc(-c2ccnnc2)c1F)N1CC[C@H](c2ccc(Cl)cc2)C1. The van der Waals surface area contributed by atoms with E-state index >= 15 is 0 Å². The average molecular weight is 372 g/mol. The largest absolute Gasteiger partial charge is 0.337 e. The van der Waals surface area contributed by atoms with Gasteiger partial charge in [-0.25, -0.2) is 4.39 Å². The molecule has 0 bridgehead atoms. The summed E-state index contributed by atoms with van der Waals surface area (Å²) < 4.78 is 14.7. The molecule has 3 heterocycles. The number of hydrogen-bond donors (Lipinski definition) is 1. The number of amides is 1. The molecule has 0 aliphatic carbocycles. The van der Waals surface area contributed by atoms with E-state index in [1.54, 1.807) is 11.0 Å². The van der Waals surface area contributed by atoms with E-state index in [1.807, 2.05) is 24.3 Å². The van der Waals surface area contributed by atoms with E-state index in [1.165, 1.54) is 12.4 Å². The third kappa shape index (κ3) is 3.06. The summed E-state index contributed by atoms with van der Waals surface area (Å²) in [7, 11) is 0. The molecule has 1 aromatic carbocycles. The number of rotatable bonds is 3. The molecule has 8 heteroatoms. The predicted octanol–water partition coefficient (Wildman–Crippen LogP) is 3.29. The second kappa shape index (κ2) is 6.84. The highest BCUT2D eigenvalue weighted by molar-refractivity contribution is 6.30. The molecular formula is C18H15ClFN5O. The van der Waals surface area contributed by atoms with E-state index in [9.17, 15) is 9.18 Å². The van der Waals surface area contributed by atoms with Crippen molar-refractivity contribution < 1.29 is 9.18 Å². The lowest BCUT2D eigenvalue weighted by Gasteiger charge is -2.15. The fourth-order valence-electron chi connectivity index (χ4n) is 3.20. The van der Waals surface area contributed by atoms with Gasteiger partial charge in [0.1, 0.15) is 5.69 Å². The van der Waals surface area contributed by atoms with Gasteiger partial charge in [0.25, 0.3) is 5.91 Å². The fraction of sp³-hybridized carbons (Fsp3) is 0.222. The Morgan fingerprint density at radius 3 is 2.77 bits per heavy atom. The first-order valence-electron chi connectivity index (χ1n) is 8.19. The number of likely N-dealkylation sites (tertiary alicyclic amines) is 1. The van der Waals surface area contributed by atoms with Crippen LogP contribution in [-0.4, -0.2) is 44.3 Å². The van der Waals surface area contributed by atoms with Crippen LogP contribution in [-0.2, 0) is 0 Å². The minimum Gasteiger partial charge on any atom is -0.337 e. The molecule has 1 aliphatic heterocycles. The third-order valence-corrected chi connectivity index (χ3v) is 4.85. The number of aromatic nitrogens is 4. The third-order valence-electron chi connectivity index (χ3n) is 4.60. The molecule has 26 heavy (non-hydrogen) atoms. The van der Waals surface area contributed by atoms with Crippen molar-refractivity contribution in [2.75, 3.05) is 13.1 Å². The summed E-state index contributed by atoms with van der Waals surface area (Å²) in [5.74, 6) is -0.844. The standard InChI is InChI=1S/C18H15ClFN5O/c19-14-3-1-11(2-4-14)13-6-8-25(10-13)18(26)17-15(20)16(23-24-17)12-5-7-21-22-9-12/h1-5,7,9,13H,6,8,10H2,(H,23,24)/t13-/m0/s1. The number of hydrogen-bond acceptors (Lipinski definition) is 4. The second-order valence-electron chi connectivity index (χ2n) is 6.18. The zero-order valence-electron chi connectivity index (χ0n) is 13.7. The van der Waals surface area contributed by atoms with Crippen LogP contribution in [0.3, 0.4) is 0 Å². The Morgan fingerprint density at radius 2 is 2.04 bits per heavy atom. The summed E-state index contributed by atoms with van der Waals surface area (Å²) in [6.45, 7) is 1.10. The minimum atomic E-state index is -0.669. The van der Waals surface area contributed by atoms with Crippen LogP contribution in [0.1, 0.15) is 28.4 Å². The quantitative estimate of drug-likeness (QED) is 0.766. The van der Waals surface area contributed by atoms with Crippen LogP contribution in [0.5, 0.6) is 0 Å². The zero-order chi connectivity index (χ0) is 18.1. The number of H-pyrrole nitrogens is 1. The van der Waals surface area contributed by atoms with E-state index in [-0.39, 0.29) is 23.2 Å². The molecule has 1 amide bonds. The van der Waals surface area contributed by atoms with Crippen molar-refractivity contribution in [1.29, 1.82) is 0 Å². The van der Waals surface area contributed by atoms with Crippen molar-refractivity contribution in [3.63, 3.8) is 0 Å². The first kappa shape index (κ1) is 16.7. The van der Waals surface area contributed by atoms with Crippen LogP contribution in [0.4, 0.5) is 4.39 Å². The molecule has 0 saturated carbocycles. The molecule has 1 atom stereocenters. The van der Waals surface area contributed by atoms with Gasteiger partial charge in [0, 0.05) is 29.6 Å². The lowest BCUT2D eigenvalue weighted by molar-refractivity contribution is 0.0780. The monoisotopic (exact) mass is 371 g/mol. The summed E-state index contributed by atoms with van der Waals surface area (Å²) in [6.07, 6.45) is 3.67. The maximum atomic E-state index is 14.7. The van der Waals surface area contributed by atoms with Gasteiger partial charge in [0.15, 0.2) is 11.5 Å². The highest BCUT2D eigenvalue weighted by Gasteiger charge is 2.31. The first-order chi connectivity index (χ1) is 12.6. The molecule has 0 radical (unpaired) electrons. The number of carbonyl (C=O) groups is 1. The molecule has 4 rings (SSSR count). The van der Waals surface area contributed by atoms with E-state index < -0.39 is 5.82 Å². The van der Waals surface area contributed by atoms with E-state index in [4.69, 9.17) is 11.6 Å². The van der Waals surface area contributed by atoms with Crippen LogP contribution in [0.2, 0.25) is 5.02 Å². The number of aromatic amines is 1. The van der Waals surface area contributed by atoms with Gasteiger partial charge in [0.2, 0.25) is 0 Å². The molecule has 1 fully saturated rings. The van der Waals surface area contributed by atoms with Gasteiger partial charge >= 0.3 is 0 Å². The Bertz CT molecular complexity index is 929. The second-order valence-corrected chi connectivity index (χ2v) is 6.62. The predicted molar refractivity (Wildman–Crippen MR) is 94.3 cm³/mol. The van der Waals surface area contributed by atoms with Gasteiger partial charge in [0.05, 0.1) is 12.4 Å². The van der Waals surface area contributed by atoms with Crippen molar-refractivity contribution in [3.05, 3.63) is 64.8 Å². The van der Waals surface area contributed by atoms with Crippen molar-refractivity contribution >= 4 is 17.5 Å². The van der Waals surface area contributed by atoms with E-state index in [0.717, 1.165) is 12.0 Å². The Kier molecular flexibility index (Phi) is 4.38. The molecule has 1 N–H and O–H groups in total. The van der Waals surface area contributed by atoms with Gasteiger partial charge in [-0.15, -0.1) is 0 Å². The smallest absolute Gasteiger partial charge is 0.274 e. The molecule has 132 valence electrons. The van der Waals surface area contributed by atoms with Crippen molar-refractivity contribution in [2.45, 2.75) is 12.3 Å². The number of nitrogens with zero attached hydrogens (tertiary/aromatic N) is 4. The van der Waals surface area contributed by atoms with Crippen molar-refractivity contribution in [1.82, 2.24) is 25.3 Å². The number of halogens is 2. The summed E-state index contributed by atoms with van der Waals surface area (Å²) in [6, 6.07) is 9.20. The Balaban J connectivity index is 1.52. The molecule has 0 unspecified atom stereocenters. The van der Waals surface area contributed by atoms with Gasteiger partial charge < -0.3 is 4.90 Å². The Labute approximate surface area is 154 Å². The molecule has 0 spiro atoms. The molecule has 1 aliphatic rings. The summed E-state index contributed by atoms with van der Waals surface area (Å²) >= 11 is 5.92. The molecule has 6 nitrogen and oxygen atoms in total. The van der Waals surface area contributed by atoms with Crippen LogP contribution in [0.15, 0.2) is 42.7 Å². The molecular weight excluding hydrogens is 357 g/mol. The Morgan fingerprint density at radius 1 is 1.23 bits per heavy atom. The van der Waals surface area contributed by atoms with Gasteiger partial charge in [-0.2, -0.15) is 15.3 Å². The summed E-state index contributed by atoms with van der Waals surface area (Å²) in [5, 5.41) is 14.5. The maximum Gasteiger partial charge on any atom is 0.274 e. The van der Waals surface area contributed by atoms with Crippen molar-refractivity contribution in [2.24, 2.45) is 0 Å². The van der Waals surface area contributed by atoms with E-state index in [0.29, 0.717) is 23.7 Å². The van der Waals surface area contributed by atoms with Crippen molar-refractivity contribution in [3.8, 4) is 11.3 Å². The lowest BCUT2D eigenvalue weighted by atomic mass is 9.99. The highest BCUT2D eigenvalue weighted by atomic mass is 35.5. The molecule has 3 aromatic rings. The van der Waals surface area contributed by atoms with Crippen LogP contribution in [0.25, 0.3) is 11.3 Å². The minimum absolute atomic E-state index is 0.0664.